The van der Waals surface area contributed by atoms with Crippen molar-refractivity contribution in [2.75, 3.05) is 5.32 Å². The minimum atomic E-state index is -0.236. The van der Waals surface area contributed by atoms with Crippen LogP contribution in [0, 0.1) is 0 Å². The predicted octanol–water partition coefficient (Wildman–Crippen LogP) is 5.04. The van der Waals surface area contributed by atoms with Crippen LogP contribution in [-0.4, -0.2) is 30.4 Å². The van der Waals surface area contributed by atoms with Gasteiger partial charge in [0, 0.05) is 34.2 Å². The normalized spacial score (nSPS) is 10.9. The van der Waals surface area contributed by atoms with Crippen molar-refractivity contribution in [2.45, 2.75) is 10.6 Å². The van der Waals surface area contributed by atoms with Crippen LogP contribution in [0.4, 0.5) is 5.69 Å². The number of benzene rings is 2. The highest BCUT2D eigenvalue weighted by atomic mass is 32.2. The average Bonchev–Trinajstić information content (AvgIpc) is 3.27. The minimum absolute atomic E-state index is 0.147. The van der Waals surface area contributed by atoms with E-state index in [4.69, 9.17) is 0 Å². The van der Waals surface area contributed by atoms with Gasteiger partial charge < -0.3 is 14.8 Å². The average molecular weight is 454 g/mol. The highest BCUT2D eigenvalue weighted by Gasteiger charge is 2.09. The van der Waals surface area contributed by atoms with Crippen molar-refractivity contribution in [3.63, 3.8) is 0 Å². The first kappa shape index (κ1) is 20.7. The van der Waals surface area contributed by atoms with Gasteiger partial charge in [-0.1, -0.05) is 18.2 Å². The van der Waals surface area contributed by atoms with Crippen molar-refractivity contribution in [1.29, 1.82) is 0 Å². The van der Waals surface area contributed by atoms with E-state index in [1.807, 2.05) is 53.2 Å². The molecule has 5 aromatic rings. The SMILES string of the molecule is O=C(Nc1cnc(-c2cccc(O)c2)nc1)c1ccc(SCc2cn3ccccc3n2)cc1. The molecular formula is C25H19N5O2S. The first-order valence-electron chi connectivity index (χ1n) is 10.2. The predicted molar refractivity (Wildman–Crippen MR) is 128 cm³/mol. The number of amides is 1. The second-order valence-corrected chi connectivity index (χ2v) is 8.36. The molecule has 7 nitrogen and oxygen atoms in total. The van der Waals surface area contributed by atoms with Crippen LogP contribution >= 0.6 is 11.8 Å². The summed E-state index contributed by atoms with van der Waals surface area (Å²) in [4.78, 5) is 26.8. The molecule has 0 saturated carbocycles. The number of rotatable bonds is 6. The first-order valence-corrected chi connectivity index (χ1v) is 11.2. The van der Waals surface area contributed by atoms with Crippen LogP contribution in [0.2, 0.25) is 0 Å². The standard InChI is InChI=1S/C25H19N5O2S/c31-21-5-3-4-18(12-21)24-26-13-19(14-27-24)29-25(32)17-7-9-22(10-8-17)33-16-20-15-30-11-2-1-6-23(30)28-20/h1-15,31H,16H2,(H,29,32). The van der Waals surface area contributed by atoms with Crippen LogP contribution < -0.4 is 5.32 Å². The van der Waals surface area contributed by atoms with E-state index >= 15 is 0 Å². The molecule has 0 aliphatic rings. The zero-order valence-corrected chi connectivity index (χ0v) is 18.2. The van der Waals surface area contributed by atoms with E-state index in [1.165, 1.54) is 0 Å². The molecule has 33 heavy (non-hydrogen) atoms. The van der Waals surface area contributed by atoms with Crippen LogP contribution in [0.5, 0.6) is 5.75 Å². The molecule has 3 heterocycles. The second-order valence-electron chi connectivity index (χ2n) is 7.31. The summed E-state index contributed by atoms with van der Waals surface area (Å²) in [6, 6.07) is 20.1. The van der Waals surface area contributed by atoms with Crippen LogP contribution in [0.1, 0.15) is 16.1 Å². The molecule has 2 aromatic carbocycles. The Bertz CT molecular complexity index is 1380. The lowest BCUT2D eigenvalue weighted by Crippen LogP contribution is -2.12. The number of aromatic nitrogens is 4. The molecule has 0 bridgehead atoms. The maximum Gasteiger partial charge on any atom is 0.255 e. The van der Waals surface area contributed by atoms with E-state index < -0.39 is 0 Å². The Morgan fingerprint density at radius 3 is 2.58 bits per heavy atom. The number of anilines is 1. The number of nitrogens with one attached hydrogen (secondary N) is 1. The summed E-state index contributed by atoms with van der Waals surface area (Å²) >= 11 is 1.67. The third kappa shape index (κ3) is 4.86. The van der Waals surface area contributed by atoms with Crippen molar-refractivity contribution in [3.05, 3.63) is 103 Å². The maximum absolute atomic E-state index is 12.6. The number of imidazole rings is 1. The van der Waals surface area contributed by atoms with Gasteiger partial charge in [-0.15, -0.1) is 11.8 Å². The lowest BCUT2D eigenvalue weighted by atomic mass is 10.2. The van der Waals surface area contributed by atoms with E-state index in [2.05, 4.69) is 20.3 Å². The zero-order valence-electron chi connectivity index (χ0n) is 17.4. The van der Waals surface area contributed by atoms with Crippen LogP contribution in [0.25, 0.3) is 17.0 Å². The molecule has 0 atom stereocenters. The summed E-state index contributed by atoms with van der Waals surface area (Å²) < 4.78 is 2.00. The third-order valence-electron chi connectivity index (χ3n) is 4.93. The maximum atomic E-state index is 12.6. The fraction of sp³-hybridized carbons (Fsp3) is 0.0400. The van der Waals surface area contributed by atoms with Gasteiger partial charge in [0.1, 0.15) is 11.4 Å². The molecule has 0 unspecified atom stereocenters. The Labute approximate surface area is 194 Å². The van der Waals surface area contributed by atoms with Crippen molar-refractivity contribution in [1.82, 2.24) is 19.4 Å². The summed E-state index contributed by atoms with van der Waals surface area (Å²) in [5, 5.41) is 12.4. The smallest absolute Gasteiger partial charge is 0.255 e. The number of nitrogens with zero attached hydrogens (tertiary/aromatic N) is 4. The molecule has 162 valence electrons. The van der Waals surface area contributed by atoms with E-state index in [0.29, 0.717) is 22.6 Å². The Balaban J connectivity index is 1.19. The van der Waals surface area contributed by atoms with Crippen molar-refractivity contribution >= 4 is 29.0 Å². The van der Waals surface area contributed by atoms with E-state index in [1.54, 1.807) is 54.5 Å². The van der Waals surface area contributed by atoms with Crippen LogP contribution in [-0.2, 0) is 5.75 Å². The van der Waals surface area contributed by atoms with E-state index in [0.717, 1.165) is 22.0 Å². The molecule has 0 aliphatic carbocycles. The van der Waals surface area contributed by atoms with Gasteiger partial charge in [0.2, 0.25) is 0 Å². The molecule has 2 N–H and O–H groups in total. The van der Waals surface area contributed by atoms with Crippen molar-refractivity contribution in [2.24, 2.45) is 0 Å². The molecule has 0 spiro atoms. The monoisotopic (exact) mass is 453 g/mol. The Kier molecular flexibility index (Phi) is 5.73. The fourth-order valence-electron chi connectivity index (χ4n) is 3.31. The van der Waals surface area contributed by atoms with Crippen LogP contribution in [0.15, 0.2) is 96.4 Å². The number of phenolic OH excluding ortho intramolecular Hbond substituents is 1. The number of aromatic hydroxyl groups is 1. The van der Waals surface area contributed by atoms with Gasteiger partial charge in [-0.25, -0.2) is 15.0 Å². The quantitative estimate of drug-likeness (QED) is 0.350. The Morgan fingerprint density at radius 1 is 1.00 bits per heavy atom. The van der Waals surface area contributed by atoms with Gasteiger partial charge in [0.05, 0.1) is 23.8 Å². The molecule has 1 amide bonds. The van der Waals surface area contributed by atoms with Crippen molar-refractivity contribution in [3.8, 4) is 17.1 Å². The molecule has 0 fully saturated rings. The number of thioether (sulfide) groups is 1. The van der Waals surface area contributed by atoms with E-state index in [9.17, 15) is 9.90 Å². The highest BCUT2D eigenvalue weighted by Crippen LogP contribution is 2.24. The molecular weight excluding hydrogens is 434 g/mol. The second kappa shape index (κ2) is 9.13. The number of hydrogen-bond donors (Lipinski definition) is 2. The molecule has 3 aromatic heterocycles. The summed E-state index contributed by atoms with van der Waals surface area (Å²) in [5.41, 5.74) is 3.67. The highest BCUT2D eigenvalue weighted by molar-refractivity contribution is 7.98. The molecule has 8 heteroatoms. The summed E-state index contributed by atoms with van der Waals surface area (Å²) in [5.74, 6) is 1.13. The largest absolute Gasteiger partial charge is 0.508 e. The minimum Gasteiger partial charge on any atom is -0.508 e. The summed E-state index contributed by atoms with van der Waals surface area (Å²) in [6.07, 6.45) is 7.10. The number of carbonyl (C=O) groups is 1. The lowest BCUT2D eigenvalue weighted by Gasteiger charge is -2.07. The number of carbonyl (C=O) groups excluding carboxylic acids is 1. The van der Waals surface area contributed by atoms with Gasteiger partial charge in [0.25, 0.3) is 5.91 Å². The molecule has 5 rings (SSSR count). The van der Waals surface area contributed by atoms with Gasteiger partial charge in [-0.3, -0.25) is 4.79 Å². The van der Waals surface area contributed by atoms with E-state index in [-0.39, 0.29) is 11.7 Å². The molecule has 0 aliphatic heterocycles. The summed E-state index contributed by atoms with van der Waals surface area (Å²) in [7, 11) is 0. The van der Waals surface area contributed by atoms with Gasteiger partial charge in [-0.2, -0.15) is 0 Å². The van der Waals surface area contributed by atoms with Gasteiger partial charge >= 0.3 is 0 Å². The zero-order chi connectivity index (χ0) is 22.6. The molecule has 0 saturated heterocycles. The summed E-state index contributed by atoms with van der Waals surface area (Å²) in [6.45, 7) is 0. The Hall–Kier alpha value is -4.17. The third-order valence-corrected chi connectivity index (χ3v) is 5.98. The molecule has 0 radical (unpaired) electrons. The lowest BCUT2D eigenvalue weighted by molar-refractivity contribution is 0.102. The first-order chi connectivity index (χ1) is 16.1. The number of hydrogen-bond acceptors (Lipinski definition) is 6. The number of pyridine rings is 1. The van der Waals surface area contributed by atoms with Gasteiger partial charge in [0.15, 0.2) is 5.82 Å². The van der Waals surface area contributed by atoms with Gasteiger partial charge in [-0.05, 0) is 48.5 Å². The fourth-order valence-corrected chi connectivity index (χ4v) is 4.09. The number of fused-ring (bicyclic) bond motifs is 1. The Morgan fingerprint density at radius 2 is 1.82 bits per heavy atom. The number of phenols is 1. The van der Waals surface area contributed by atoms with Crippen LogP contribution in [0.3, 0.4) is 0 Å². The van der Waals surface area contributed by atoms with Crippen molar-refractivity contribution < 1.29 is 9.90 Å². The topological polar surface area (TPSA) is 92.4 Å².